The third-order valence-electron chi connectivity index (χ3n) is 4.04. The summed E-state index contributed by atoms with van der Waals surface area (Å²) in [6.07, 6.45) is 5.24. The third-order valence-corrected chi connectivity index (χ3v) is 4.04. The highest BCUT2D eigenvalue weighted by Crippen LogP contribution is 2.33. The second-order valence-corrected chi connectivity index (χ2v) is 6.05. The minimum Gasteiger partial charge on any atom is -0.457 e. The number of nitrogens with one attached hydrogen (secondary N) is 1. The van der Waals surface area contributed by atoms with Crippen LogP contribution in [0.2, 0.25) is 0 Å². The average molecular weight is 346 g/mol. The van der Waals surface area contributed by atoms with Gasteiger partial charge >= 0.3 is 0 Å². The van der Waals surface area contributed by atoms with Crippen molar-refractivity contribution in [3.05, 3.63) is 96.6 Å². The molecule has 1 atom stereocenters. The molecule has 0 radical (unpaired) electrons. The van der Waals surface area contributed by atoms with E-state index in [0.29, 0.717) is 11.6 Å². The zero-order chi connectivity index (χ0) is 17.8. The van der Waals surface area contributed by atoms with Crippen LogP contribution in [0.5, 0.6) is 17.2 Å². The van der Waals surface area contributed by atoms with E-state index in [1.54, 1.807) is 12.4 Å². The molecule has 0 spiro atoms. The van der Waals surface area contributed by atoms with E-state index in [1.165, 1.54) is 0 Å². The highest BCUT2D eigenvalue weighted by Gasteiger charge is 2.33. The molecule has 3 aromatic rings. The lowest BCUT2D eigenvalue weighted by molar-refractivity contribution is -0.0401. The first-order valence-corrected chi connectivity index (χ1v) is 8.29. The van der Waals surface area contributed by atoms with E-state index in [4.69, 9.17) is 14.3 Å². The SMILES string of the molecule is CC1(c2ccc(Oc3ccccc3)cc2)C=C(Oc2cccnc2)NO1. The highest BCUT2D eigenvalue weighted by molar-refractivity contribution is 5.37. The monoisotopic (exact) mass is 346 g/mol. The molecular formula is C21H18N2O3. The number of ether oxygens (including phenoxy) is 2. The number of pyridine rings is 1. The van der Waals surface area contributed by atoms with Gasteiger partial charge in [0, 0.05) is 12.3 Å². The molecule has 0 aliphatic carbocycles. The van der Waals surface area contributed by atoms with Gasteiger partial charge in [0.05, 0.1) is 6.20 Å². The predicted molar refractivity (Wildman–Crippen MR) is 97.5 cm³/mol. The predicted octanol–water partition coefficient (Wildman–Crippen LogP) is 4.54. The normalized spacial score (nSPS) is 18.7. The minimum atomic E-state index is -0.636. The van der Waals surface area contributed by atoms with Gasteiger partial charge < -0.3 is 9.47 Å². The van der Waals surface area contributed by atoms with Crippen molar-refractivity contribution in [2.24, 2.45) is 0 Å². The number of hydrogen-bond acceptors (Lipinski definition) is 5. The number of benzene rings is 2. The van der Waals surface area contributed by atoms with E-state index in [2.05, 4.69) is 10.5 Å². The van der Waals surface area contributed by atoms with Crippen LogP contribution in [0.15, 0.2) is 91.1 Å². The fourth-order valence-corrected chi connectivity index (χ4v) is 2.67. The minimum absolute atomic E-state index is 0.533. The van der Waals surface area contributed by atoms with Crippen LogP contribution in [-0.2, 0) is 10.4 Å². The molecule has 0 bridgehead atoms. The van der Waals surface area contributed by atoms with Gasteiger partial charge in [0.2, 0.25) is 5.88 Å². The van der Waals surface area contributed by atoms with Crippen molar-refractivity contribution in [3.8, 4) is 17.2 Å². The van der Waals surface area contributed by atoms with Gasteiger partial charge in [-0.1, -0.05) is 30.3 Å². The summed E-state index contributed by atoms with van der Waals surface area (Å²) in [6.45, 7) is 1.96. The molecule has 2 heterocycles. The van der Waals surface area contributed by atoms with Gasteiger partial charge in [-0.3, -0.25) is 9.82 Å². The first-order valence-electron chi connectivity index (χ1n) is 8.29. The first-order chi connectivity index (χ1) is 12.7. The van der Waals surface area contributed by atoms with Crippen molar-refractivity contribution in [1.29, 1.82) is 0 Å². The maximum Gasteiger partial charge on any atom is 0.216 e. The van der Waals surface area contributed by atoms with Crippen LogP contribution in [0.4, 0.5) is 0 Å². The summed E-state index contributed by atoms with van der Waals surface area (Å²) in [5.74, 6) is 2.75. The van der Waals surface area contributed by atoms with Crippen LogP contribution in [0.1, 0.15) is 12.5 Å². The maximum atomic E-state index is 5.83. The fraction of sp³-hybridized carbons (Fsp3) is 0.0952. The fourth-order valence-electron chi connectivity index (χ4n) is 2.67. The van der Waals surface area contributed by atoms with E-state index in [-0.39, 0.29) is 0 Å². The molecule has 26 heavy (non-hydrogen) atoms. The largest absolute Gasteiger partial charge is 0.457 e. The van der Waals surface area contributed by atoms with Gasteiger partial charge in [-0.2, -0.15) is 0 Å². The molecule has 1 N–H and O–H groups in total. The van der Waals surface area contributed by atoms with Crippen LogP contribution in [0.3, 0.4) is 0 Å². The Balaban J connectivity index is 1.48. The number of hydrogen-bond donors (Lipinski definition) is 1. The van der Waals surface area contributed by atoms with Crippen LogP contribution >= 0.6 is 0 Å². The molecule has 4 rings (SSSR count). The summed E-state index contributed by atoms with van der Waals surface area (Å²) in [5.41, 5.74) is 3.17. The lowest BCUT2D eigenvalue weighted by Gasteiger charge is -2.20. The van der Waals surface area contributed by atoms with Crippen LogP contribution in [0, 0.1) is 0 Å². The van der Waals surface area contributed by atoms with Gasteiger partial charge in [-0.15, -0.1) is 0 Å². The second-order valence-electron chi connectivity index (χ2n) is 6.05. The molecule has 0 saturated carbocycles. The van der Waals surface area contributed by atoms with E-state index in [0.717, 1.165) is 17.1 Å². The summed E-state index contributed by atoms with van der Waals surface area (Å²) < 4.78 is 11.6. The lowest BCUT2D eigenvalue weighted by atomic mass is 9.96. The van der Waals surface area contributed by atoms with Crippen LogP contribution in [-0.4, -0.2) is 4.98 Å². The first kappa shape index (κ1) is 16.2. The molecule has 0 amide bonds. The summed E-state index contributed by atoms with van der Waals surface area (Å²) in [4.78, 5) is 9.77. The Kier molecular flexibility index (Phi) is 4.29. The van der Waals surface area contributed by atoms with Crippen molar-refractivity contribution in [1.82, 2.24) is 10.5 Å². The maximum absolute atomic E-state index is 5.83. The Morgan fingerprint density at radius 2 is 1.58 bits per heavy atom. The zero-order valence-corrected chi connectivity index (χ0v) is 14.3. The van der Waals surface area contributed by atoms with Crippen LogP contribution in [0.25, 0.3) is 0 Å². The number of rotatable bonds is 5. The molecule has 1 aromatic heterocycles. The molecule has 0 fully saturated rings. The standard InChI is InChI=1S/C21H18N2O3/c1-21(14-20(23-26-21)25-19-8-5-13-22-15-19)16-9-11-18(12-10-16)24-17-6-3-2-4-7-17/h2-15,23H,1H3. The molecule has 1 aliphatic rings. The Morgan fingerprint density at radius 1 is 0.846 bits per heavy atom. The number of aromatic nitrogens is 1. The van der Waals surface area contributed by atoms with Gasteiger partial charge in [0.15, 0.2) is 0 Å². The molecular weight excluding hydrogens is 328 g/mol. The summed E-state index contributed by atoms with van der Waals surface area (Å²) in [6, 6.07) is 21.1. The number of nitrogens with zero attached hydrogens (tertiary/aromatic N) is 1. The smallest absolute Gasteiger partial charge is 0.216 e. The zero-order valence-electron chi connectivity index (χ0n) is 14.3. The van der Waals surface area contributed by atoms with Gasteiger partial charge in [0.1, 0.15) is 22.8 Å². The molecule has 1 unspecified atom stereocenters. The lowest BCUT2D eigenvalue weighted by Crippen LogP contribution is -2.23. The van der Waals surface area contributed by atoms with Gasteiger partial charge in [-0.25, -0.2) is 5.48 Å². The Morgan fingerprint density at radius 3 is 2.31 bits per heavy atom. The van der Waals surface area contributed by atoms with E-state index in [9.17, 15) is 0 Å². The Labute approximate surface area is 151 Å². The molecule has 5 nitrogen and oxygen atoms in total. The Bertz CT molecular complexity index is 896. The molecule has 2 aromatic carbocycles. The molecule has 5 heteroatoms. The summed E-state index contributed by atoms with van der Waals surface area (Å²) in [5, 5.41) is 0. The third kappa shape index (κ3) is 3.53. The van der Waals surface area contributed by atoms with E-state index in [1.807, 2.05) is 79.7 Å². The molecule has 1 aliphatic heterocycles. The molecule has 130 valence electrons. The second kappa shape index (κ2) is 6.90. The topological polar surface area (TPSA) is 52.6 Å². The van der Waals surface area contributed by atoms with Crippen molar-refractivity contribution >= 4 is 0 Å². The number of hydroxylamine groups is 1. The van der Waals surface area contributed by atoms with Crippen LogP contribution < -0.4 is 15.0 Å². The molecule has 0 saturated heterocycles. The average Bonchev–Trinajstić information content (AvgIpc) is 3.06. The van der Waals surface area contributed by atoms with Gasteiger partial charge in [0.25, 0.3) is 0 Å². The summed E-state index contributed by atoms with van der Waals surface area (Å²) in [7, 11) is 0. The van der Waals surface area contributed by atoms with Gasteiger partial charge in [-0.05, 0) is 48.9 Å². The van der Waals surface area contributed by atoms with Crippen molar-refractivity contribution in [2.75, 3.05) is 0 Å². The van der Waals surface area contributed by atoms with Crippen molar-refractivity contribution in [3.63, 3.8) is 0 Å². The highest BCUT2D eigenvalue weighted by atomic mass is 16.7. The summed E-state index contributed by atoms with van der Waals surface area (Å²) >= 11 is 0. The quantitative estimate of drug-likeness (QED) is 0.735. The van der Waals surface area contributed by atoms with E-state index >= 15 is 0 Å². The Hall–Kier alpha value is -3.31. The van der Waals surface area contributed by atoms with E-state index < -0.39 is 5.60 Å². The van der Waals surface area contributed by atoms with Crippen molar-refractivity contribution < 1.29 is 14.3 Å². The van der Waals surface area contributed by atoms with Crippen molar-refractivity contribution in [2.45, 2.75) is 12.5 Å². The number of para-hydroxylation sites is 1.